The van der Waals surface area contributed by atoms with Gasteiger partial charge in [0.1, 0.15) is 6.54 Å². The second-order valence-electron chi connectivity index (χ2n) is 4.51. The molecule has 0 spiro atoms. The summed E-state index contributed by atoms with van der Waals surface area (Å²) in [5, 5.41) is 8.94. The van der Waals surface area contributed by atoms with E-state index in [-0.39, 0.29) is 25.6 Å². The Morgan fingerprint density at radius 3 is 2.60 bits per heavy atom. The predicted octanol–water partition coefficient (Wildman–Crippen LogP) is 0.515. The van der Waals surface area contributed by atoms with Gasteiger partial charge in [-0.2, -0.15) is 0 Å². The van der Waals surface area contributed by atoms with Crippen LogP contribution in [0.5, 0.6) is 0 Å². The lowest BCUT2D eigenvalue weighted by atomic mass is 10.2. The van der Waals surface area contributed by atoms with Gasteiger partial charge in [-0.15, -0.1) is 0 Å². The number of aliphatic carboxylic acids is 1. The minimum absolute atomic E-state index is 0.170. The fourth-order valence-corrected chi connectivity index (χ4v) is 2.01. The number of hydrogen-bond donors (Lipinski definition) is 1. The normalized spacial score (nSPS) is 18.5. The van der Waals surface area contributed by atoms with Crippen molar-refractivity contribution in [2.24, 2.45) is 0 Å². The fourth-order valence-electron chi connectivity index (χ4n) is 2.01. The number of carbonyl (C=O) groups is 2. The Balaban J connectivity index is 2.05. The maximum atomic E-state index is 12.3. The zero-order valence-corrected chi connectivity index (χ0v) is 11.0. The molecule has 0 aromatic heterocycles. The largest absolute Gasteiger partial charge is 0.480 e. The second kappa shape index (κ2) is 7.02. The monoisotopic (exact) mass is 279 g/mol. The molecular weight excluding hydrogens is 262 g/mol. The van der Waals surface area contributed by atoms with Gasteiger partial charge in [-0.05, 0) is 5.56 Å². The zero-order chi connectivity index (χ0) is 14.4. The van der Waals surface area contributed by atoms with E-state index in [1.165, 1.54) is 4.90 Å². The van der Waals surface area contributed by atoms with Gasteiger partial charge in [-0.1, -0.05) is 30.3 Å². The maximum Gasteiger partial charge on any atom is 0.323 e. The Morgan fingerprint density at radius 2 is 2.00 bits per heavy atom. The summed E-state index contributed by atoms with van der Waals surface area (Å²) in [7, 11) is 0. The second-order valence-corrected chi connectivity index (χ2v) is 4.51. The number of carboxylic acids is 1. The molecule has 1 aromatic carbocycles. The number of ether oxygens (including phenoxy) is 2. The van der Waals surface area contributed by atoms with Crippen LogP contribution in [0.4, 0.5) is 0 Å². The highest BCUT2D eigenvalue weighted by molar-refractivity contribution is 5.84. The number of hydrogen-bond acceptors (Lipinski definition) is 4. The first-order valence-corrected chi connectivity index (χ1v) is 6.40. The average molecular weight is 279 g/mol. The molecule has 6 nitrogen and oxygen atoms in total. The third-order valence-electron chi connectivity index (χ3n) is 2.95. The van der Waals surface area contributed by atoms with Gasteiger partial charge in [0.15, 0.2) is 6.10 Å². The van der Waals surface area contributed by atoms with E-state index in [9.17, 15) is 9.59 Å². The summed E-state index contributed by atoms with van der Waals surface area (Å²) in [4.78, 5) is 24.5. The van der Waals surface area contributed by atoms with Crippen molar-refractivity contribution >= 4 is 11.9 Å². The van der Waals surface area contributed by atoms with Crippen molar-refractivity contribution in [1.82, 2.24) is 4.90 Å². The number of rotatable bonds is 5. The van der Waals surface area contributed by atoms with E-state index in [0.717, 1.165) is 5.56 Å². The van der Waals surface area contributed by atoms with Crippen molar-refractivity contribution < 1.29 is 24.2 Å². The smallest absolute Gasteiger partial charge is 0.323 e. The van der Waals surface area contributed by atoms with Gasteiger partial charge in [-0.3, -0.25) is 9.59 Å². The van der Waals surface area contributed by atoms with E-state index in [1.54, 1.807) is 0 Å². The lowest BCUT2D eigenvalue weighted by Crippen LogP contribution is -2.46. The van der Waals surface area contributed by atoms with Crippen molar-refractivity contribution in [1.29, 1.82) is 0 Å². The van der Waals surface area contributed by atoms with E-state index in [4.69, 9.17) is 14.6 Å². The first-order valence-electron chi connectivity index (χ1n) is 6.40. The molecule has 1 N–H and O–H groups in total. The summed E-state index contributed by atoms with van der Waals surface area (Å²) >= 11 is 0. The third kappa shape index (κ3) is 4.04. The van der Waals surface area contributed by atoms with Crippen LogP contribution in [-0.4, -0.2) is 54.4 Å². The van der Waals surface area contributed by atoms with Gasteiger partial charge in [0.2, 0.25) is 0 Å². The highest BCUT2D eigenvalue weighted by Crippen LogP contribution is 2.10. The molecule has 6 heteroatoms. The lowest BCUT2D eigenvalue weighted by molar-refractivity contribution is -0.162. The lowest BCUT2D eigenvalue weighted by Gasteiger charge is -2.28. The summed E-state index contributed by atoms with van der Waals surface area (Å²) in [5.74, 6) is -1.40. The molecule has 1 saturated heterocycles. The van der Waals surface area contributed by atoms with Crippen LogP contribution < -0.4 is 0 Å². The Bertz CT molecular complexity index is 456. The van der Waals surface area contributed by atoms with Crippen molar-refractivity contribution in [3.63, 3.8) is 0 Å². The number of benzene rings is 1. The summed E-state index contributed by atoms with van der Waals surface area (Å²) in [6, 6.07) is 9.25. The molecule has 0 bridgehead atoms. The summed E-state index contributed by atoms with van der Waals surface area (Å²) < 4.78 is 10.5. The third-order valence-corrected chi connectivity index (χ3v) is 2.95. The molecule has 20 heavy (non-hydrogen) atoms. The Morgan fingerprint density at radius 1 is 1.25 bits per heavy atom. The van der Waals surface area contributed by atoms with Crippen LogP contribution in [-0.2, 0) is 25.6 Å². The molecule has 1 fully saturated rings. The van der Waals surface area contributed by atoms with Crippen LogP contribution in [0, 0.1) is 0 Å². The highest BCUT2D eigenvalue weighted by Gasteiger charge is 2.28. The molecule has 2 rings (SSSR count). The highest BCUT2D eigenvalue weighted by atomic mass is 16.6. The van der Waals surface area contributed by atoms with Crippen LogP contribution in [0.2, 0.25) is 0 Å². The van der Waals surface area contributed by atoms with E-state index >= 15 is 0 Å². The van der Waals surface area contributed by atoms with Gasteiger partial charge in [0, 0.05) is 6.54 Å². The van der Waals surface area contributed by atoms with E-state index in [1.807, 2.05) is 30.3 Å². The quantitative estimate of drug-likeness (QED) is 0.850. The van der Waals surface area contributed by atoms with Gasteiger partial charge < -0.3 is 19.5 Å². The van der Waals surface area contributed by atoms with E-state index in [2.05, 4.69) is 0 Å². The van der Waals surface area contributed by atoms with E-state index in [0.29, 0.717) is 13.2 Å². The van der Waals surface area contributed by atoms with Crippen LogP contribution in [0.25, 0.3) is 0 Å². The zero-order valence-electron chi connectivity index (χ0n) is 11.0. The first-order chi connectivity index (χ1) is 9.66. The number of carboxylic acid groups (broad SMARTS) is 1. The molecule has 0 aliphatic carbocycles. The molecule has 1 aliphatic rings. The minimum Gasteiger partial charge on any atom is -0.480 e. The summed E-state index contributed by atoms with van der Waals surface area (Å²) in [5.41, 5.74) is 0.874. The predicted molar refractivity (Wildman–Crippen MR) is 70.1 cm³/mol. The summed E-state index contributed by atoms with van der Waals surface area (Å²) in [6.45, 7) is 0.868. The molecule has 1 atom stereocenters. The van der Waals surface area contributed by atoms with Crippen LogP contribution >= 0.6 is 0 Å². The van der Waals surface area contributed by atoms with Gasteiger partial charge in [0.25, 0.3) is 5.91 Å². The first kappa shape index (κ1) is 14.5. The minimum atomic E-state index is -1.05. The van der Waals surface area contributed by atoms with Gasteiger partial charge in [0.05, 0.1) is 19.8 Å². The molecule has 0 radical (unpaired) electrons. The van der Waals surface area contributed by atoms with Crippen LogP contribution in [0.3, 0.4) is 0 Å². The van der Waals surface area contributed by atoms with Crippen molar-refractivity contribution in [2.75, 3.05) is 26.4 Å². The SMILES string of the molecule is O=C(O)CN(Cc1ccccc1)C(=O)C1COCCO1. The molecule has 0 saturated carbocycles. The average Bonchev–Trinajstić information content (AvgIpc) is 2.47. The molecule has 1 amide bonds. The van der Waals surface area contributed by atoms with Crippen molar-refractivity contribution in [3.8, 4) is 0 Å². The Kier molecular flexibility index (Phi) is 5.09. The number of amides is 1. The Labute approximate surface area is 116 Å². The molecular formula is C14H17NO5. The van der Waals surface area contributed by atoms with Crippen molar-refractivity contribution in [2.45, 2.75) is 12.6 Å². The van der Waals surface area contributed by atoms with E-state index < -0.39 is 12.1 Å². The Hall–Kier alpha value is -1.92. The molecule has 1 heterocycles. The van der Waals surface area contributed by atoms with Crippen LogP contribution in [0.1, 0.15) is 5.56 Å². The number of nitrogens with zero attached hydrogens (tertiary/aromatic N) is 1. The molecule has 108 valence electrons. The standard InChI is InChI=1S/C14H17NO5/c16-13(17)9-15(8-11-4-2-1-3-5-11)14(18)12-10-19-6-7-20-12/h1-5,12H,6-10H2,(H,16,17). The van der Waals surface area contributed by atoms with Crippen LogP contribution in [0.15, 0.2) is 30.3 Å². The molecule has 1 unspecified atom stereocenters. The fraction of sp³-hybridized carbons (Fsp3) is 0.429. The maximum absolute atomic E-state index is 12.3. The number of carbonyl (C=O) groups excluding carboxylic acids is 1. The van der Waals surface area contributed by atoms with Crippen molar-refractivity contribution in [3.05, 3.63) is 35.9 Å². The van der Waals surface area contributed by atoms with Gasteiger partial charge in [-0.25, -0.2) is 0 Å². The topological polar surface area (TPSA) is 76.1 Å². The summed E-state index contributed by atoms with van der Waals surface area (Å²) in [6.07, 6.45) is -0.716. The van der Waals surface area contributed by atoms with Gasteiger partial charge >= 0.3 is 5.97 Å². The molecule has 1 aliphatic heterocycles. The molecule has 1 aromatic rings.